The number of nitro benzene ring substituents is 1. The highest BCUT2D eigenvalue weighted by atomic mass is 16.6. The summed E-state index contributed by atoms with van der Waals surface area (Å²) in [7, 11) is 0. The fourth-order valence-electron chi connectivity index (χ4n) is 2.56. The Morgan fingerprint density at radius 3 is 2.84 bits per heavy atom. The minimum Gasteiger partial charge on any atom is -0.467 e. The van der Waals surface area contributed by atoms with Gasteiger partial charge in [-0.3, -0.25) is 19.6 Å². The normalized spacial score (nSPS) is 11.9. The van der Waals surface area contributed by atoms with Crippen molar-refractivity contribution in [2.24, 2.45) is 0 Å². The number of furan rings is 1. The fourth-order valence-corrected chi connectivity index (χ4v) is 2.56. The molecule has 3 rings (SSSR count). The Kier molecular flexibility index (Phi) is 4.60. The summed E-state index contributed by atoms with van der Waals surface area (Å²) in [4.78, 5) is 22.8. The van der Waals surface area contributed by atoms with Crippen LogP contribution >= 0.6 is 0 Å². The van der Waals surface area contributed by atoms with Crippen LogP contribution in [0.2, 0.25) is 0 Å². The summed E-state index contributed by atoms with van der Waals surface area (Å²) < 4.78 is 7.13. The average Bonchev–Trinajstić information content (AvgIpc) is 3.28. The van der Waals surface area contributed by atoms with E-state index in [0.717, 1.165) is 0 Å². The van der Waals surface area contributed by atoms with Gasteiger partial charge in [0.15, 0.2) is 0 Å². The second kappa shape index (κ2) is 7.00. The van der Waals surface area contributed by atoms with E-state index >= 15 is 0 Å². The number of hydrogen-bond acceptors (Lipinski definition) is 5. The number of carbonyl (C=O) groups excluding carboxylic acids is 1. The first-order valence-corrected chi connectivity index (χ1v) is 7.62. The molecular weight excluding hydrogens is 324 g/mol. The molecule has 0 bridgehead atoms. The highest BCUT2D eigenvalue weighted by molar-refractivity contribution is 5.94. The number of nitro groups is 1. The number of nitrogens with one attached hydrogen (secondary N) is 1. The molecule has 1 aromatic carbocycles. The molecule has 0 spiro atoms. The second-order valence-corrected chi connectivity index (χ2v) is 5.49. The lowest BCUT2D eigenvalue weighted by molar-refractivity contribution is -0.385. The van der Waals surface area contributed by atoms with Crippen molar-refractivity contribution >= 4 is 11.6 Å². The zero-order chi connectivity index (χ0) is 17.8. The van der Waals surface area contributed by atoms with Gasteiger partial charge in [0.25, 0.3) is 11.6 Å². The average molecular weight is 340 g/mol. The van der Waals surface area contributed by atoms with Crippen LogP contribution in [0, 0.1) is 17.0 Å². The molecule has 1 amide bonds. The predicted octanol–water partition coefficient (Wildman–Crippen LogP) is 2.71. The molecular formula is C17H16N4O4. The lowest BCUT2D eigenvalue weighted by atomic mass is 10.1. The van der Waals surface area contributed by atoms with Gasteiger partial charge < -0.3 is 9.73 Å². The summed E-state index contributed by atoms with van der Waals surface area (Å²) in [5, 5.41) is 17.9. The van der Waals surface area contributed by atoms with Gasteiger partial charge in [0, 0.05) is 36.1 Å². The van der Waals surface area contributed by atoms with E-state index in [1.54, 1.807) is 42.4 Å². The van der Waals surface area contributed by atoms with E-state index in [-0.39, 0.29) is 24.2 Å². The molecule has 128 valence electrons. The van der Waals surface area contributed by atoms with E-state index in [9.17, 15) is 14.9 Å². The molecule has 8 heteroatoms. The van der Waals surface area contributed by atoms with Crippen LogP contribution in [0.5, 0.6) is 0 Å². The first-order chi connectivity index (χ1) is 12.1. The van der Waals surface area contributed by atoms with Gasteiger partial charge in [-0.15, -0.1) is 0 Å². The molecule has 3 aromatic rings. The highest BCUT2D eigenvalue weighted by Crippen LogP contribution is 2.20. The van der Waals surface area contributed by atoms with Gasteiger partial charge in [-0.1, -0.05) is 0 Å². The fraction of sp³-hybridized carbons (Fsp3) is 0.176. The molecule has 2 aromatic heterocycles. The van der Waals surface area contributed by atoms with E-state index in [0.29, 0.717) is 16.9 Å². The highest BCUT2D eigenvalue weighted by Gasteiger charge is 2.19. The Labute approximate surface area is 143 Å². The summed E-state index contributed by atoms with van der Waals surface area (Å²) in [6.07, 6.45) is 5.00. The summed E-state index contributed by atoms with van der Waals surface area (Å²) in [6, 6.07) is 9.37. The van der Waals surface area contributed by atoms with Crippen molar-refractivity contribution in [3.63, 3.8) is 0 Å². The molecule has 0 saturated heterocycles. The van der Waals surface area contributed by atoms with Crippen LogP contribution in [0.4, 0.5) is 5.69 Å². The van der Waals surface area contributed by atoms with Crippen LogP contribution in [-0.2, 0) is 0 Å². The standard InChI is InChI=1S/C17H16N4O4/c1-12-10-13(5-6-14(12)21(23)24)17(22)18-11-15(16-4-2-9-25-16)20-8-3-7-19-20/h2-10,15H,11H2,1H3,(H,18,22). The topological polar surface area (TPSA) is 103 Å². The summed E-state index contributed by atoms with van der Waals surface area (Å²) in [5.41, 5.74) is 0.788. The smallest absolute Gasteiger partial charge is 0.272 e. The number of aryl methyl sites for hydroxylation is 1. The largest absolute Gasteiger partial charge is 0.467 e. The summed E-state index contributed by atoms with van der Waals surface area (Å²) in [5.74, 6) is 0.352. The molecule has 1 N–H and O–H groups in total. The second-order valence-electron chi connectivity index (χ2n) is 5.49. The number of rotatable bonds is 6. The molecule has 0 saturated carbocycles. The molecule has 0 aliphatic rings. The van der Waals surface area contributed by atoms with Crippen molar-refractivity contribution in [3.8, 4) is 0 Å². The maximum Gasteiger partial charge on any atom is 0.272 e. The third-order valence-electron chi connectivity index (χ3n) is 3.83. The van der Waals surface area contributed by atoms with Crippen LogP contribution in [0.1, 0.15) is 27.7 Å². The molecule has 25 heavy (non-hydrogen) atoms. The van der Waals surface area contributed by atoms with Crippen LogP contribution in [0.3, 0.4) is 0 Å². The van der Waals surface area contributed by atoms with Crippen LogP contribution in [0.25, 0.3) is 0 Å². The monoisotopic (exact) mass is 340 g/mol. The van der Waals surface area contributed by atoms with Gasteiger partial charge in [-0.05, 0) is 37.3 Å². The minimum absolute atomic E-state index is 0.0125. The van der Waals surface area contributed by atoms with Gasteiger partial charge in [-0.2, -0.15) is 5.10 Å². The molecule has 0 aliphatic heterocycles. The van der Waals surface area contributed by atoms with E-state index in [1.807, 2.05) is 6.07 Å². The van der Waals surface area contributed by atoms with Crippen molar-refractivity contribution in [2.45, 2.75) is 13.0 Å². The van der Waals surface area contributed by atoms with Crippen molar-refractivity contribution in [1.82, 2.24) is 15.1 Å². The first kappa shape index (κ1) is 16.4. The Hall–Kier alpha value is -3.42. The minimum atomic E-state index is -0.471. The van der Waals surface area contributed by atoms with Gasteiger partial charge in [0.05, 0.1) is 11.2 Å². The number of hydrogen-bond donors (Lipinski definition) is 1. The first-order valence-electron chi connectivity index (χ1n) is 7.62. The van der Waals surface area contributed by atoms with Gasteiger partial charge in [0.1, 0.15) is 11.8 Å². The van der Waals surface area contributed by atoms with Gasteiger partial charge in [-0.25, -0.2) is 0 Å². The van der Waals surface area contributed by atoms with Crippen molar-refractivity contribution < 1.29 is 14.1 Å². The molecule has 1 atom stereocenters. The van der Waals surface area contributed by atoms with Crippen LogP contribution < -0.4 is 5.32 Å². The third-order valence-corrected chi connectivity index (χ3v) is 3.83. The van der Waals surface area contributed by atoms with Crippen molar-refractivity contribution in [1.29, 1.82) is 0 Å². The van der Waals surface area contributed by atoms with Crippen LogP contribution in [0.15, 0.2) is 59.5 Å². The lowest BCUT2D eigenvalue weighted by Gasteiger charge is -2.16. The molecule has 2 heterocycles. The van der Waals surface area contributed by atoms with E-state index in [2.05, 4.69) is 10.4 Å². The van der Waals surface area contributed by atoms with E-state index < -0.39 is 4.92 Å². The SMILES string of the molecule is Cc1cc(C(=O)NCC(c2ccco2)n2cccn2)ccc1[N+](=O)[O-]. The molecule has 1 unspecified atom stereocenters. The Morgan fingerprint density at radius 2 is 2.24 bits per heavy atom. The summed E-state index contributed by atoms with van der Waals surface area (Å²) >= 11 is 0. The Bertz CT molecular complexity index is 838. The molecule has 0 aliphatic carbocycles. The van der Waals surface area contributed by atoms with Crippen molar-refractivity contribution in [2.75, 3.05) is 6.54 Å². The van der Waals surface area contributed by atoms with Crippen molar-refractivity contribution in [3.05, 3.63) is 82.1 Å². The predicted molar refractivity (Wildman–Crippen MR) is 89.2 cm³/mol. The lowest BCUT2D eigenvalue weighted by Crippen LogP contribution is -2.31. The molecule has 0 fully saturated rings. The number of aromatic nitrogens is 2. The maximum absolute atomic E-state index is 12.4. The van der Waals surface area contributed by atoms with Crippen LogP contribution in [-0.4, -0.2) is 27.2 Å². The number of amides is 1. The zero-order valence-corrected chi connectivity index (χ0v) is 13.5. The molecule has 0 radical (unpaired) electrons. The third kappa shape index (κ3) is 3.57. The summed E-state index contributed by atoms with van der Waals surface area (Å²) in [6.45, 7) is 1.87. The number of benzene rings is 1. The van der Waals surface area contributed by atoms with E-state index in [1.165, 1.54) is 18.2 Å². The van der Waals surface area contributed by atoms with Gasteiger partial charge in [0.2, 0.25) is 0 Å². The Morgan fingerprint density at radius 1 is 1.40 bits per heavy atom. The molecule has 8 nitrogen and oxygen atoms in total. The van der Waals surface area contributed by atoms with E-state index in [4.69, 9.17) is 4.42 Å². The number of carbonyl (C=O) groups is 1. The maximum atomic E-state index is 12.4. The number of nitrogens with zero attached hydrogens (tertiary/aromatic N) is 3. The quantitative estimate of drug-likeness (QED) is 0.549. The Balaban J connectivity index is 1.74. The van der Waals surface area contributed by atoms with Gasteiger partial charge >= 0.3 is 0 Å². The zero-order valence-electron chi connectivity index (χ0n) is 13.5.